The number of hydrogen-bond donors (Lipinski definition) is 2. The minimum Gasteiger partial charge on any atom is -0.393 e. The molecule has 4 nitrogen and oxygen atoms in total. The molecule has 5 heteroatoms. The molecule has 1 saturated heterocycles. The van der Waals surface area contributed by atoms with Gasteiger partial charge in [0.05, 0.1) is 11.0 Å². The fraction of sp³-hybridized carbons (Fsp3) is 0.800. The fourth-order valence-electron chi connectivity index (χ4n) is 2.01. The second-order valence-corrected chi connectivity index (χ2v) is 4.40. The van der Waals surface area contributed by atoms with E-state index >= 15 is 0 Å². The number of nitrogens with zero attached hydrogens (tertiary/aromatic N) is 1. The van der Waals surface area contributed by atoms with Crippen molar-refractivity contribution in [3.8, 4) is 0 Å². The van der Waals surface area contributed by atoms with Crippen LogP contribution in [0.15, 0.2) is 0 Å². The van der Waals surface area contributed by atoms with Gasteiger partial charge in [0.2, 0.25) is 5.91 Å². The average molecular weight is 229 g/mol. The SMILES string of the molecule is CNC(=O)C1CCCN1CCCC(N)=S. The summed E-state index contributed by atoms with van der Waals surface area (Å²) in [5.41, 5.74) is 5.43. The Labute approximate surface area is 96.2 Å². The molecule has 1 amide bonds. The molecule has 0 saturated carbocycles. The Morgan fingerprint density at radius 3 is 3.00 bits per heavy atom. The Bertz CT molecular complexity index is 245. The summed E-state index contributed by atoms with van der Waals surface area (Å²) in [7, 11) is 1.69. The summed E-state index contributed by atoms with van der Waals surface area (Å²) < 4.78 is 0. The second-order valence-electron chi connectivity index (χ2n) is 3.88. The second kappa shape index (κ2) is 6.02. The zero-order valence-corrected chi connectivity index (χ0v) is 9.98. The van der Waals surface area contributed by atoms with E-state index in [-0.39, 0.29) is 11.9 Å². The highest BCUT2D eigenvalue weighted by atomic mass is 32.1. The van der Waals surface area contributed by atoms with Gasteiger partial charge in [0, 0.05) is 7.05 Å². The van der Waals surface area contributed by atoms with Crippen LogP contribution in [-0.2, 0) is 4.79 Å². The van der Waals surface area contributed by atoms with E-state index in [1.165, 1.54) is 0 Å². The molecule has 0 spiro atoms. The van der Waals surface area contributed by atoms with Gasteiger partial charge in [-0.2, -0.15) is 0 Å². The maximum Gasteiger partial charge on any atom is 0.237 e. The molecule has 0 bridgehead atoms. The summed E-state index contributed by atoms with van der Waals surface area (Å²) in [5.74, 6) is 0.128. The lowest BCUT2D eigenvalue weighted by molar-refractivity contribution is -0.124. The van der Waals surface area contributed by atoms with Crippen LogP contribution in [-0.4, -0.2) is 42.0 Å². The molecule has 0 aromatic carbocycles. The number of nitrogens with two attached hydrogens (primary N) is 1. The first-order valence-electron chi connectivity index (χ1n) is 5.39. The van der Waals surface area contributed by atoms with Gasteiger partial charge < -0.3 is 11.1 Å². The van der Waals surface area contributed by atoms with Crippen molar-refractivity contribution in [3.05, 3.63) is 0 Å². The van der Waals surface area contributed by atoms with Gasteiger partial charge >= 0.3 is 0 Å². The number of carbonyl (C=O) groups is 1. The van der Waals surface area contributed by atoms with Crippen LogP contribution in [0.1, 0.15) is 25.7 Å². The van der Waals surface area contributed by atoms with Crippen molar-refractivity contribution in [2.45, 2.75) is 31.7 Å². The third kappa shape index (κ3) is 3.76. The smallest absolute Gasteiger partial charge is 0.237 e. The Balaban J connectivity index is 2.33. The molecule has 1 aliphatic rings. The maximum absolute atomic E-state index is 11.5. The van der Waals surface area contributed by atoms with E-state index in [0.29, 0.717) is 4.99 Å². The highest BCUT2D eigenvalue weighted by Gasteiger charge is 2.29. The van der Waals surface area contributed by atoms with Gasteiger partial charge in [-0.25, -0.2) is 0 Å². The summed E-state index contributed by atoms with van der Waals surface area (Å²) in [6.45, 7) is 1.92. The highest BCUT2D eigenvalue weighted by Crippen LogP contribution is 2.17. The number of thiocarbonyl (C=S) groups is 1. The van der Waals surface area contributed by atoms with Gasteiger partial charge in [-0.3, -0.25) is 9.69 Å². The van der Waals surface area contributed by atoms with E-state index in [9.17, 15) is 4.79 Å². The molecule has 0 aromatic rings. The van der Waals surface area contributed by atoms with Gasteiger partial charge in [-0.1, -0.05) is 12.2 Å². The van der Waals surface area contributed by atoms with Gasteiger partial charge in [0.15, 0.2) is 0 Å². The molecule has 1 heterocycles. The minimum absolute atomic E-state index is 0.0568. The van der Waals surface area contributed by atoms with Crippen molar-refractivity contribution in [2.75, 3.05) is 20.1 Å². The molecule has 0 radical (unpaired) electrons. The van der Waals surface area contributed by atoms with E-state index < -0.39 is 0 Å². The predicted molar refractivity (Wildman–Crippen MR) is 64.7 cm³/mol. The van der Waals surface area contributed by atoms with Crippen LogP contribution in [0.5, 0.6) is 0 Å². The molecule has 86 valence electrons. The van der Waals surface area contributed by atoms with Crippen LogP contribution >= 0.6 is 12.2 Å². The Morgan fingerprint density at radius 1 is 1.67 bits per heavy atom. The van der Waals surface area contributed by atoms with Crippen LogP contribution in [0.2, 0.25) is 0 Å². The zero-order chi connectivity index (χ0) is 11.3. The summed E-state index contributed by atoms with van der Waals surface area (Å²) in [4.78, 5) is 14.3. The van der Waals surface area contributed by atoms with Crippen molar-refractivity contribution in [3.63, 3.8) is 0 Å². The Hall–Kier alpha value is -0.680. The lowest BCUT2D eigenvalue weighted by Gasteiger charge is -2.22. The summed E-state index contributed by atoms with van der Waals surface area (Å²) in [5, 5.41) is 2.70. The quantitative estimate of drug-likeness (QED) is 0.664. The summed E-state index contributed by atoms with van der Waals surface area (Å²) in [6.07, 6.45) is 3.78. The van der Waals surface area contributed by atoms with Gasteiger partial charge in [-0.05, 0) is 38.8 Å². The van der Waals surface area contributed by atoms with E-state index in [1.807, 2.05) is 0 Å². The number of rotatable bonds is 5. The summed E-state index contributed by atoms with van der Waals surface area (Å²) in [6, 6.07) is 0.0568. The molecular weight excluding hydrogens is 210 g/mol. The van der Waals surface area contributed by atoms with Crippen LogP contribution in [0, 0.1) is 0 Å². The summed E-state index contributed by atoms with van der Waals surface area (Å²) >= 11 is 4.82. The number of nitrogens with one attached hydrogen (secondary N) is 1. The van der Waals surface area contributed by atoms with Gasteiger partial charge in [0.25, 0.3) is 0 Å². The molecule has 0 aliphatic carbocycles. The zero-order valence-electron chi connectivity index (χ0n) is 9.16. The maximum atomic E-state index is 11.5. The topological polar surface area (TPSA) is 58.4 Å². The van der Waals surface area contributed by atoms with E-state index in [0.717, 1.165) is 38.8 Å². The largest absolute Gasteiger partial charge is 0.393 e. The first kappa shape index (κ1) is 12.4. The van der Waals surface area contributed by atoms with Crippen molar-refractivity contribution < 1.29 is 4.79 Å². The Kier molecular flexibility index (Phi) is 4.98. The molecule has 0 aromatic heterocycles. The average Bonchev–Trinajstić information content (AvgIpc) is 2.64. The lowest BCUT2D eigenvalue weighted by Crippen LogP contribution is -2.42. The highest BCUT2D eigenvalue weighted by molar-refractivity contribution is 7.80. The molecule has 1 rings (SSSR count). The van der Waals surface area contributed by atoms with E-state index in [4.69, 9.17) is 18.0 Å². The predicted octanol–water partition coefficient (Wildman–Crippen LogP) is 0.263. The van der Waals surface area contributed by atoms with Crippen LogP contribution in [0.25, 0.3) is 0 Å². The fourth-order valence-corrected chi connectivity index (χ4v) is 2.16. The number of likely N-dealkylation sites (N-methyl/N-ethyl adjacent to an activating group) is 1. The van der Waals surface area contributed by atoms with Crippen molar-refractivity contribution >= 4 is 23.1 Å². The molecule has 1 atom stereocenters. The normalized spacial score (nSPS) is 21.5. The number of carbonyl (C=O) groups excluding carboxylic acids is 1. The lowest BCUT2D eigenvalue weighted by atomic mass is 10.2. The Morgan fingerprint density at radius 2 is 2.40 bits per heavy atom. The third-order valence-corrected chi connectivity index (χ3v) is 2.99. The van der Waals surface area contributed by atoms with Gasteiger partial charge in [0.1, 0.15) is 0 Å². The molecule has 1 unspecified atom stereocenters. The van der Waals surface area contributed by atoms with Crippen LogP contribution < -0.4 is 11.1 Å². The van der Waals surface area contributed by atoms with E-state index in [1.54, 1.807) is 7.05 Å². The number of amides is 1. The molecular formula is C10H19N3OS. The molecule has 1 aliphatic heterocycles. The third-order valence-electron chi connectivity index (χ3n) is 2.78. The van der Waals surface area contributed by atoms with Crippen molar-refractivity contribution in [1.29, 1.82) is 0 Å². The first-order valence-corrected chi connectivity index (χ1v) is 5.80. The monoisotopic (exact) mass is 229 g/mol. The molecule has 3 N–H and O–H groups in total. The number of likely N-dealkylation sites (tertiary alicyclic amines) is 1. The standard InChI is InChI=1S/C10H19N3OS/c1-12-10(14)8-4-2-6-13(8)7-3-5-9(11)15/h8H,2-7H2,1H3,(H2,11,15)(H,12,14). The molecule has 1 fully saturated rings. The van der Waals surface area contributed by atoms with Crippen molar-refractivity contribution in [1.82, 2.24) is 10.2 Å². The first-order chi connectivity index (χ1) is 7.15. The minimum atomic E-state index is 0.0568. The van der Waals surface area contributed by atoms with Crippen LogP contribution in [0.4, 0.5) is 0 Å². The van der Waals surface area contributed by atoms with Crippen molar-refractivity contribution in [2.24, 2.45) is 5.73 Å². The number of hydrogen-bond acceptors (Lipinski definition) is 3. The van der Waals surface area contributed by atoms with Crippen LogP contribution in [0.3, 0.4) is 0 Å². The van der Waals surface area contributed by atoms with E-state index in [2.05, 4.69) is 10.2 Å². The van der Waals surface area contributed by atoms with Gasteiger partial charge in [-0.15, -0.1) is 0 Å². The molecule has 15 heavy (non-hydrogen) atoms.